The molecule has 6 heteroatoms. The zero-order valence-electron chi connectivity index (χ0n) is 12.5. The molecule has 0 spiro atoms. The van der Waals surface area contributed by atoms with Gasteiger partial charge in [-0.05, 0) is 48.5 Å². The molecule has 1 amide bonds. The third-order valence-corrected chi connectivity index (χ3v) is 3.61. The zero-order valence-corrected chi connectivity index (χ0v) is 13.2. The van der Waals surface area contributed by atoms with Crippen LogP contribution in [-0.2, 0) is 0 Å². The van der Waals surface area contributed by atoms with Crippen molar-refractivity contribution < 1.29 is 9.18 Å². The lowest BCUT2D eigenvalue weighted by atomic mass is 10.2. The SMILES string of the molecule is O=C(Nc1ccc(F)cc1)c1cccnc1Nc1ccccc1Cl. The van der Waals surface area contributed by atoms with Gasteiger partial charge >= 0.3 is 0 Å². The molecule has 4 nitrogen and oxygen atoms in total. The van der Waals surface area contributed by atoms with Crippen LogP contribution in [0.4, 0.5) is 21.6 Å². The van der Waals surface area contributed by atoms with Crippen molar-refractivity contribution in [1.82, 2.24) is 4.98 Å². The van der Waals surface area contributed by atoms with Gasteiger partial charge in [0.25, 0.3) is 5.91 Å². The van der Waals surface area contributed by atoms with Crippen LogP contribution in [0.2, 0.25) is 5.02 Å². The zero-order chi connectivity index (χ0) is 16.9. The smallest absolute Gasteiger partial charge is 0.259 e. The molecule has 0 bridgehead atoms. The fourth-order valence-electron chi connectivity index (χ4n) is 2.11. The normalized spacial score (nSPS) is 10.2. The van der Waals surface area contributed by atoms with Crippen molar-refractivity contribution in [3.63, 3.8) is 0 Å². The standard InChI is InChI=1S/C18H13ClFN3O/c19-15-5-1-2-6-16(15)23-17-14(4-3-11-21-17)18(24)22-13-9-7-12(20)8-10-13/h1-11H,(H,21,23)(H,22,24). The van der Waals surface area contributed by atoms with Crippen LogP contribution in [0.15, 0.2) is 66.9 Å². The highest BCUT2D eigenvalue weighted by molar-refractivity contribution is 6.33. The Hall–Kier alpha value is -2.92. The quantitative estimate of drug-likeness (QED) is 0.711. The molecule has 1 aromatic heterocycles. The summed E-state index contributed by atoms with van der Waals surface area (Å²) in [6.07, 6.45) is 1.58. The van der Waals surface area contributed by atoms with Crippen molar-refractivity contribution in [1.29, 1.82) is 0 Å². The highest BCUT2D eigenvalue weighted by atomic mass is 35.5. The van der Waals surface area contributed by atoms with E-state index in [-0.39, 0.29) is 11.7 Å². The number of halogens is 2. The van der Waals surface area contributed by atoms with Crippen LogP contribution in [-0.4, -0.2) is 10.9 Å². The van der Waals surface area contributed by atoms with E-state index in [2.05, 4.69) is 15.6 Å². The van der Waals surface area contributed by atoms with E-state index in [9.17, 15) is 9.18 Å². The molecule has 0 aliphatic carbocycles. The number of para-hydroxylation sites is 1. The van der Waals surface area contributed by atoms with E-state index in [4.69, 9.17) is 11.6 Å². The first-order valence-corrected chi connectivity index (χ1v) is 7.55. The van der Waals surface area contributed by atoms with Crippen LogP contribution in [0.1, 0.15) is 10.4 Å². The number of nitrogens with one attached hydrogen (secondary N) is 2. The van der Waals surface area contributed by atoms with Crippen LogP contribution in [0.5, 0.6) is 0 Å². The Morgan fingerprint density at radius 2 is 1.75 bits per heavy atom. The maximum atomic E-state index is 12.9. The first-order valence-electron chi connectivity index (χ1n) is 7.17. The Morgan fingerprint density at radius 3 is 2.50 bits per heavy atom. The summed E-state index contributed by atoms with van der Waals surface area (Å²) >= 11 is 6.12. The molecule has 120 valence electrons. The Bertz CT molecular complexity index is 868. The van der Waals surface area contributed by atoms with E-state index >= 15 is 0 Å². The number of aromatic nitrogens is 1. The van der Waals surface area contributed by atoms with Crippen molar-refractivity contribution in [2.75, 3.05) is 10.6 Å². The molecule has 24 heavy (non-hydrogen) atoms. The summed E-state index contributed by atoms with van der Waals surface area (Å²) in [5, 5.41) is 6.28. The van der Waals surface area contributed by atoms with Crippen molar-refractivity contribution in [2.24, 2.45) is 0 Å². The number of nitrogens with zero attached hydrogens (tertiary/aromatic N) is 1. The fourth-order valence-corrected chi connectivity index (χ4v) is 2.29. The summed E-state index contributed by atoms with van der Waals surface area (Å²) in [7, 11) is 0. The average Bonchev–Trinajstić information content (AvgIpc) is 2.59. The highest BCUT2D eigenvalue weighted by Gasteiger charge is 2.13. The average molecular weight is 342 g/mol. The largest absolute Gasteiger partial charge is 0.338 e. The number of hydrogen-bond acceptors (Lipinski definition) is 3. The number of benzene rings is 2. The van der Waals surface area contributed by atoms with E-state index in [1.807, 2.05) is 12.1 Å². The fraction of sp³-hybridized carbons (Fsp3) is 0. The van der Waals surface area contributed by atoms with Crippen molar-refractivity contribution in [2.45, 2.75) is 0 Å². The number of pyridine rings is 1. The summed E-state index contributed by atoms with van der Waals surface area (Å²) < 4.78 is 12.9. The number of carbonyl (C=O) groups is 1. The third-order valence-electron chi connectivity index (χ3n) is 3.28. The third kappa shape index (κ3) is 3.70. The van der Waals surface area contributed by atoms with Crippen LogP contribution in [0.3, 0.4) is 0 Å². The Labute approximate surface area is 143 Å². The summed E-state index contributed by atoms with van der Waals surface area (Å²) in [6.45, 7) is 0. The van der Waals surface area contributed by atoms with Gasteiger partial charge in [0.1, 0.15) is 11.6 Å². The minimum atomic E-state index is -0.365. The lowest BCUT2D eigenvalue weighted by Crippen LogP contribution is -2.14. The van der Waals surface area contributed by atoms with Crippen LogP contribution in [0, 0.1) is 5.82 Å². The van der Waals surface area contributed by atoms with Crippen molar-refractivity contribution in [3.05, 3.63) is 83.3 Å². The van der Waals surface area contributed by atoms with Gasteiger partial charge in [-0.1, -0.05) is 23.7 Å². The second-order valence-electron chi connectivity index (χ2n) is 4.97. The van der Waals surface area contributed by atoms with Gasteiger partial charge in [-0.2, -0.15) is 0 Å². The van der Waals surface area contributed by atoms with Gasteiger partial charge in [0.05, 0.1) is 16.3 Å². The van der Waals surface area contributed by atoms with Gasteiger partial charge in [-0.15, -0.1) is 0 Å². The van der Waals surface area contributed by atoms with Crippen molar-refractivity contribution >= 4 is 34.7 Å². The number of hydrogen-bond donors (Lipinski definition) is 2. The van der Waals surface area contributed by atoms with Crippen LogP contribution >= 0.6 is 11.6 Å². The maximum Gasteiger partial charge on any atom is 0.259 e. The maximum absolute atomic E-state index is 12.9. The predicted molar refractivity (Wildman–Crippen MR) is 93.3 cm³/mol. The molecular formula is C18H13ClFN3O. The molecule has 0 saturated heterocycles. The molecule has 2 N–H and O–H groups in total. The van der Waals surface area contributed by atoms with E-state index in [0.29, 0.717) is 27.8 Å². The molecule has 0 saturated carbocycles. The first-order chi connectivity index (χ1) is 11.6. The molecule has 0 atom stereocenters. The van der Waals surface area contributed by atoms with Crippen LogP contribution < -0.4 is 10.6 Å². The molecular weight excluding hydrogens is 329 g/mol. The molecule has 3 aromatic rings. The van der Waals surface area contributed by atoms with Crippen molar-refractivity contribution in [3.8, 4) is 0 Å². The summed E-state index contributed by atoms with van der Waals surface area (Å²) in [6, 6.07) is 16.0. The second kappa shape index (κ2) is 7.10. The number of anilines is 3. The van der Waals surface area contributed by atoms with E-state index < -0.39 is 0 Å². The van der Waals surface area contributed by atoms with Gasteiger partial charge in [-0.25, -0.2) is 9.37 Å². The van der Waals surface area contributed by atoms with Gasteiger partial charge in [0, 0.05) is 11.9 Å². The number of amides is 1. The van der Waals surface area contributed by atoms with Gasteiger partial charge in [-0.3, -0.25) is 4.79 Å². The van der Waals surface area contributed by atoms with Crippen LogP contribution in [0.25, 0.3) is 0 Å². The molecule has 0 fully saturated rings. The summed E-state index contributed by atoms with van der Waals surface area (Å²) in [5.41, 5.74) is 1.49. The van der Waals surface area contributed by atoms with E-state index in [1.165, 1.54) is 24.3 Å². The lowest BCUT2D eigenvalue weighted by Gasteiger charge is -2.12. The first kappa shape index (κ1) is 16.0. The molecule has 0 unspecified atom stereocenters. The summed E-state index contributed by atoms with van der Waals surface area (Å²) in [4.78, 5) is 16.7. The molecule has 2 aromatic carbocycles. The lowest BCUT2D eigenvalue weighted by molar-refractivity contribution is 0.102. The monoisotopic (exact) mass is 341 g/mol. The minimum Gasteiger partial charge on any atom is -0.338 e. The summed E-state index contributed by atoms with van der Waals surface area (Å²) in [5.74, 6) is -0.343. The molecule has 1 heterocycles. The second-order valence-corrected chi connectivity index (χ2v) is 5.37. The Kier molecular flexibility index (Phi) is 4.72. The number of rotatable bonds is 4. The highest BCUT2D eigenvalue weighted by Crippen LogP contribution is 2.26. The van der Waals surface area contributed by atoms with Gasteiger partial charge < -0.3 is 10.6 Å². The molecule has 0 aliphatic rings. The molecule has 3 rings (SSSR count). The predicted octanol–water partition coefficient (Wildman–Crippen LogP) is 4.87. The van der Waals surface area contributed by atoms with E-state index in [1.54, 1.807) is 30.5 Å². The van der Waals surface area contributed by atoms with E-state index in [0.717, 1.165) is 0 Å². The molecule has 0 radical (unpaired) electrons. The van der Waals surface area contributed by atoms with Gasteiger partial charge in [0.2, 0.25) is 0 Å². The minimum absolute atomic E-state index is 0.349. The topological polar surface area (TPSA) is 54.0 Å². The Morgan fingerprint density at radius 1 is 1.00 bits per heavy atom. The van der Waals surface area contributed by atoms with Gasteiger partial charge in [0.15, 0.2) is 0 Å². The number of carbonyl (C=O) groups excluding carboxylic acids is 1. The Balaban J connectivity index is 1.84. The molecule has 0 aliphatic heterocycles.